The molecule has 13 rings (SSSR count). The molecule has 0 aliphatic carbocycles. The predicted molar refractivity (Wildman–Crippen MR) is 254 cm³/mol. The maximum absolute atomic E-state index is 6.88. The second-order valence-electron chi connectivity index (χ2n) is 15.8. The SMILES string of the molecule is c1ccc(Oc2cc3c4c(c2)Sc2c(c(-c5ccccc5)c5c(c2-c2ccccc2)Sc2cc(Oc6ccccc6)cc6c2B5c2ccccc2O6)B4c2ccccc2O3)cc1. The summed E-state index contributed by atoms with van der Waals surface area (Å²) in [7, 11) is 0. The van der Waals surface area contributed by atoms with Crippen molar-refractivity contribution >= 4 is 69.7 Å². The summed E-state index contributed by atoms with van der Waals surface area (Å²) in [6.45, 7) is -0.255. The van der Waals surface area contributed by atoms with E-state index in [9.17, 15) is 0 Å². The van der Waals surface area contributed by atoms with E-state index >= 15 is 0 Å². The molecule has 0 bridgehead atoms. The van der Waals surface area contributed by atoms with Crippen LogP contribution in [0.1, 0.15) is 0 Å². The largest absolute Gasteiger partial charge is 0.458 e. The summed E-state index contributed by atoms with van der Waals surface area (Å²) in [5, 5.41) is 0. The minimum absolute atomic E-state index is 0.127. The third-order valence-corrected chi connectivity index (χ3v) is 14.6. The molecule has 8 heteroatoms. The second kappa shape index (κ2) is 14.3. The number of fused-ring (bicyclic) bond motifs is 8. The Morgan fingerprint density at radius 1 is 0.339 bits per heavy atom. The van der Waals surface area contributed by atoms with Crippen molar-refractivity contribution in [3.63, 3.8) is 0 Å². The van der Waals surface area contributed by atoms with Crippen molar-refractivity contribution in [3.05, 3.63) is 194 Å². The van der Waals surface area contributed by atoms with Gasteiger partial charge in [0.1, 0.15) is 46.0 Å². The van der Waals surface area contributed by atoms with Crippen LogP contribution in [0.2, 0.25) is 0 Å². The van der Waals surface area contributed by atoms with Crippen LogP contribution < -0.4 is 51.7 Å². The van der Waals surface area contributed by atoms with Gasteiger partial charge in [0.25, 0.3) is 13.4 Å². The lowest BCUT2D eigenvalue weighted by molar-refractivity contribution is 0.460. The van der Waals surface area contributed by atoms with Gasteiger partial charge >= 0.3 is 0 Å². The molecule has 4 heterocycles. The van der Waals surface area contributed by atoms with Gasteiger partial charge in [-0.15, -0.1) is 0 Å². The van der Waals surface area contributed by atoms with E-state index in [1.54, 1.807) is 0 Å². The average molecular weight is 831 g/mol. The average Bonchev–Trinajstić information content (AvgIpc) is 3.31. The Hall–Kier alpha value is -6.99. The van der Waals surface area contributed by atoms with Crippen LogP contribution in [-0.4, -0.2) is 13.4 Å². The molecule has 0 amide bonds. The zero-order valence-electron chi connectivity index (χ0n) is 33.1. The van der Waals surface area contributed by atoms with E-state index in [2.05, 4.69) is 133 Å². The van der Waals surface area contributed by atoms with Crippen molar-refractivity contribution < 1.29 is 18.9 Å². The van der Waals surface area contributed by atoms with E-state index in [1.807, 2.05) is 84.2 Å². The molecule has 62 heavy (non-hydrogen) atoms. The van der Waals surface area contributed by atoms with E-state index < -0.39 is 0 Å². The molecular formula is C54H32B2O4S2. The molecule has 0 aromatic heterocycles. The first-order chi connectivity index (χ1) is 30.7. The lowest BCUT2D eigenvalue weighted by atomic mass is 9.30. The summed E-state index contributed by atoms with van der Waals surface area (Å²) in [6, 6.07) is 67.6. The molecule has 0 N–H and O–H groups in total. The van der Waals surface area contributed by atoms with E-state index in [0.717, 1.165) is 77.6 Å². The number of rotatable bonds is 6. The number of hydrogen-bond acceptors (Lipinski definition) is 6. The molecule has 290 valence electrons. The smallest absolute Gasteiger partial charge is 0.254 e. The molecule has 0 saturated carbocycles. The van der Waals surface area contributed by atoms with Gasteiger partial charge in [0, 0.05) is 37.3 Å². The number of hydrogen-bond donors (Lipinski definition) is 0. The van der Waals surface area contributed by atoms with Gasteiger partial charge in [-0.05, 0) is 98.0 Å². The Labute approximate surface area is 368 Å². The summed E-state index contributed by atoms with van der Waals surface area (Å²) in [6.07, 6.45) is 0. The Morgan fingerprint density at radius 3 is 1.18 bits per heavy atom. The highest BCUT2D eigenvalue weighted by atomic mass is 32.2. The Kier molecular flexibility index (Phi) is 8.24. The fourth-order valence-electron chi connectivity index (χ4n) is 9.71. The predicted octanol–water partition coefficient (Wildman–Crippen LogP) is 10.8. The van der Waals surface area contributed by atoms with Gasteiger partial charge < -0.3 is 18.9 Å². The standard InChI is InChI=1S/C54H32B2O4S2/c1-5-17-33(18-6-1)47-51-53(61-45-31-37(57-35-21-9-3-10-22-35)29-43-49(45)55(51)39-25-13-15-27-41(39)59-43)48(34-19-7-2-8-20-34)54-52(47)56-40-26-14-16-28-42(40)60-44-30-38(32-46(62-54)50(44)56)58-36-23-11-4-12-24-36/h1-32H. The first-order valence-corrected chi connectivity index (χ1v) is 22.4. The van der Waals surface area contributed by atoms with Gasteiger partial charge in [0.15, 0.2) is 0 Å². The van der Waals surface area contributed by atoms with Gasteiger partial charge in [0.05, 0.1) is 0 Å². The van der Waals surface area contributed by atoms with Crippen LogP contribution >= 0.6 is 23.5 Å². The highest BCUT2D eigenvalue weighted by Gasteiger charge is 2.48. The molecular weight excluding hydrogens is 798 g/mol. The van der Waals surface area contributed by atoms with Crippen LogP contribution in [0.5, 0.6) is 46.0 Å². The minimum Gasteiger partial charge on any atom is -0.458 e. The van der Waals surface area contributed by atoms with Crippen LogP contribution in [0.15, 0.2) is 214 Å². The van der Waals surface area contributed by atoms with Gasteiger partial charge in [-0.25, -0.2) is 0 Å². The first-order valence-electron chi connectivity index (χ1n) is 20.8. The normalized spacial score (nSPS) is 13.2. The maximum Gasteiger partial charge on any atom is 0.254 e. The Bertz CT molecular complexity index is 3080. The van der Waals surface area contributed by atoms with Crippen LogP contribution in [0.3, 0.4) is 0 Å². The van der Waals surface area contributed by atoms with Crippen molar-refractivity contribution in [3.8, 4) is 68.2 Å². The summed E-state index contributed by atoms with van der Waals surface area (Å²) in [4.78, 5) is 4.71. The van der Waals surface area contributed by atoms with E-state index in [-0.39, 0.29) is 13.4 Å². The molecule has 0 spiro atoms. The molecule has 0 saturated heterocycles. The van der Waals surface area contributed by atoms with Crippen molar-refractivity contribution in [2.75, 3.05) is 0 Å². The lowest BCUT2D eigenvalue weighted by Crippen LogP contribution is -2.63. The fourth-order valence-corrected chi connectivity index (χ4v) is 12.5. The molecule has 9 aromatic rings. The van der Waals surface area contributed by atoms with Gasteiger partial charge in [-0.1, -0.05) is 157 Å². The Morgan fingerprint density at radius 2 is 0.726 bits per heavy atom. The van der Waals surface area contributed by atoms with Crippen LogP contribution in [0.25, 0.3) is 22.3 Å². The first kappa shape index (κ1) is 35.7. The van der Waals surface area contributed by atoms with Crippen molar-refractivity contribution in [2.45, 2.75) is 19.6 Å². The number of para-hydroxylation sites is 4. The number of benzene rings is 9. The van der Waals surface area contributed by atoms with Crippen molar-refractivity contribution in [2.24, 2.45) is 0 Å². The molecule has 0 atom stereocenters. The van der Waals surface area contributed by atoms with E-state index in [4.69, 9.17) is 18.9 Å². The molecule has 0 fully saturated rings. The van der Waals surface area contributed by atoms with E-state index in [0.29, 0.717) is 0 Å². The molecule has 4 aliphatic heterocycles. The Balaban J connectivity index is 1.14. The summed E-state index contributed by atoms with van der Waals surface area (Å²) in [5.41, 5.74) is 12.0. The zero-order valence-corrected chi connectivity index (χ0v) is 34.7. The maximum atomic E-state index is 6.88. The topological polar surface area (TPSA) is 36.9 Å². The monoisotopic (exact) mass is 830 g/mol. The van der Waals surface area contributed by atoms with Crippen molar-refractivity contribution in [1.29, 1.82) is 0 Å². The molecule has 4 aliphatic rings. The van der Waals surface area contributed by atoms with Gasteiger partial charge in [0.2, 0.25) is 0 Å². The molecule has 4 nitrogen and oxygen atoms in total. The van der Waals surface area contributed by atoms with Crippen LogP contribution in [0.4, 0.5) is 0 Å². The molecule has 9 aromatic carbocycles. The highest BCUT2D eigenvalue weighted by Crippen LogP contribution is 2.51. The number of ether oxygens (including phenoxy) is 4. The van der Waals surface area contributed by atoms with Crippen LogP contribution in [0, 0.1) is 0 Å². The summed E-state index contributed by atoms with van der Waals surface area (Å²) >= 11 is 3.65. The van der Waals surface area contributed by atoms with E-state index in [1.165, 1.54) is 43.0 Å². The third kappa shape index (κ3) is 5.67. The molecule has 0 radical (unpaired) electrons. The zero-order chi connectivity index (χ0) is 40.7. The molecule has 0 unspecified atom stereocenters. The fraction of sp³-hybridized carbons (Fsp3) is 0. The summed E-state index contributed by atoms with van der Waals surface area (Å²) < 4.78 is 26.9. The quantitative estimate of drug-likeness (QED) is 0.155. The summed E-state index contributed by atoms with van der Waals surface area (Å²) in [5.74, 6) is 6.38. The van der Waals surface area contributed by atoms with Crippen molar-refractivity contribution in [1.82, 2.24) is 0 Å². The third-order valence-electron chi connectivity index (χ3n) is 12.2. The second-order valence-corrected chi connectivity index (χ2v) is 17.9. The lowest BCUT2D eigenvalue weighted by Gasteiger charge is -2.40. The van der Waals surface area contributed by atoms with Gasteiger partial charge in [-0.2, -0.15) is 0 Å². The van der Waals surface area contributed by atoms with Crippen LogP contribution in [-0.2, 0) is 0 Å². The minimum atomic E-state index is -0.127. The highest BCUT2D eigenvalue weighted by molar-refractivity contribution is 8.01. The van der Waals surface area contributed by atoms with Gasteiger partial charge in [-0.3, -0.25) is 0 Å².